The molecule has 0 fully saturated rings. The first-order chi connectivity index (χ1) is 7.78. The van der Waals surface area contributed by atoms with Gasteiger partial charge < -0.3 is 10.5 Å². The summed E-state index contributed by atoms with van der Waals surface area (Å²) in [7, 11) is 0. The van der Waals surface area contributed by atoms with Crippen molar-refractivity contribution in [3.8, 4) is 11.5 Å². The summed E-state index contributed by atoms with van der Waals surface area (Å²) >= 11 is 3.33. The summed E-state index contributed by atoms with van der Waals surface area (Å²) in [5.41, 5.74) is 6.45. The fourth-order valence-electron chi connectivity index (χ4n) is 1.22. The third-order valence-corrected chi connectivity index (χ3v) is 2.35. The molecular formula is C11H10BrN3O. The second-order valence-corrected chi connectivity index (χ2v) is 4.09. The third kappa shape index (κ3) is 2.77. The van der Waals surface area contributed by atoms with Crippen LogP contribution in [0.5, 0.6) is 11.5 Å². The van der Waals surface area contributed by atoms with E-state index in [-0.39, 0.29) is 0 Å². The van der Waals surface area contributed by atoms with Crippen molar-refractivity contribution in [1.29, 1.82) is 0 Å². The van der Waals surface area contributed by atoms with Gasteiger partial charge in [-0.05, 0) is 33.6 Å². The number of aromatic nitrogens is 2. The number of hydrogen-bond donors (Lipinski definition) is 1. The Balaban J connectivity index is 2.20. The average Bonchev–Trinajstić information content (AvgIpc) is 2.29. The Hall–Kier alpha value is -1.46. The normalized spacial score (nSPS) is 10.1. The molecule has 0 aromatic carbocycles. The van der Waals surface area contributed by atoms with E-state index in [9.17, 15) is 0 Å². The molecule has 2 N–H and O–H groups in total. The summed E-state index contributed by atoms with van der Waals surface area (Å²) in [6.07, 6.45) is 6.69. The Labute approximate surface area is 102 Å². The van der Waals surface area contributed by atoms with Crippen LogP contribution in [0.4, 0.5) is 0 Å². The van der Waals surface area contributed by atoms with Crippen LogP contribution in [0.25, 0.3) is 0 Å². The highest BCUT2D eigenvalue weighted by atomic mass is 79.9. The Kier molecular flexibility index (Phi) is 3.48. The number of nitrogens with two attached hydrogens (primary N) is 1. The van der Waals surface area contributed by atoms with E-state index < -0.39 is 0 Å². The van der Waals surface area contributed by atoms with Crippen molar-refractivity contribution in [3.63, 3.8) is 0 Å². The van der Waals surface area contributed by atoms with Crippen molar-refractivity contribution < 1.29 is 4.74 Å². The summed E-state index contributed by atoms with van der Waals surface area (Å²) in [5.74, 6) is 1.31. The smallest absolute Gasteiger partial charge is 0.146 e. The van der Waals surface area contributed by atoms with Crippen molar-refractivity contribution in [1.82, 2.24) is 9.97 Å². The van der Waals surface area contributed by atoms with Gasteiger partial charge >= 0.3 is 0 Å². The maximum atomic E-state index is 5.59. The van der Waals surface area contributed by atoms with Crippen molar-refractivity contribution >= 4 is 15.9 Å². The van der Waals surface area contributed by atoms with Gasteiger partial charge in [0.25, 0.3) is 0 Å². The van der Waals surface area contributed by atoms with Gasteiger partial charge in [-0.2, -0.15) is 0 Å². The molecule has 2 rings (SSSR count). The van der Waals surface area contributed by atoms with Crippen LogP contribution >= 0.6 is 15.9 Å². The molecule has 0 saturated heterocycles. The van der Waals surface area contributed by atoms with Crippen LogP contribution in [0.2, 0.25) is 0 Å². The van der Waals surface area contributed by atoms with E-state index in [1.54, 1.807) is 24.8 Å². The van der Waals surface area contributed by atoms with Crippen LogP contribution < -0.4 is 10.5 Å². The SMILES string of the molecule is NCc1cncc(Oc2cncc(Br)c2)c1. The van der Waals surface area contributed by atoms with E-state index in [0.29, 0.717) is 18.0 Å². The minimum Gasteiger partial charge on any atom is -0.454 e. The number of rotatable bonds is 3. The quantitative estimate of drug-likeness (QED) is 0.938. The Morgan fingerprint density at radius 1 is 1.06 bits per heavy atom. The number of halogens is 1. The van der Waals surface area contributed by atoms with E-state index >= 15 is 0 Å². The highest BCUT2D eigenvalue weighted by Crippen LogP contribution is 2.22. The number of nitrogens with zero attached hydrogens (tertiary/aromatic N) is 2. The molecule has 0 radical (unpaired) electrons. The molecule has 0 spiro atoms. The van der Waals surface area contributed by atoms with Crippen molar-refractivity contribution in [2.45, 2.75) is 6.54 Å². The molecule has 0 unspecified atom stereocenters. The molecule has 0 aliphatic rings. The maximum absolute atomic E-state index is 5.59. The monoisotopic (exact) mass is 279 g/mol. The maximum Gasteiger partial charge on any atom is 0.146 e. The van der Waals surface area contributed by atoms with Gasteiger partial charge in [0.05, 0.1) is 12.4 Å². The van der Waals surface area contributed by atoms with Crippen molar-refractivity contribution in [2.24, 2.45) is 5.73 Å². The van der Waals surface area contributed by atoms with Crippen LogP contribution in [-0.4, -0.2) is 9.97 Å². The van der Waals surface area contributed by atoms with Crippen molar-refractivity contribution in [2.75, 3.05) is 0 Å². The molecule has 0 amide bonds. The number of pyridine rings is 2. The summed E-state index contributed by atoms with van der Waals surface area (Å²) in [6, 6.07) is 3.69. The molecule has 0 atom stereocenters. The van der Waals surface area contributed by atoms with Gasteiger partial charge in [0.2, 0.25) is 0 Å². The molecule has 4 nitrogen and oxygen atoms in total. The van der Waals surface area contributed by atoms with Gasteiger partial charge in [-0.25, -0.2) is 0 Å². The molecule has 82 valence electrons. The molecule has 0 bridgehead atoms. The highest BCUT2D eigenvalue weighted by Gasteiger charge is 2.00. The third-order valence-electron chi connectivity index (χ3n) is 1.92. The predicted octanol–water partition coefficient (Wildman–Crippen LogP) is 2.49. The first kappa shape index (κ1) is 11.0. The second kappa shape index (κ2) is 5.05. The minimum atomic E-state index is 0.445. The minimum absolute atomic E-state index is 0.445. The fourth-order valence-corrected chi connectivity index (χ4v) is 1.56. The largest absolute Gasteiger partial charge is 0.454 e. The van der Waals surface area contributed by atoms with Gasteiger partial charge in [-0.15, -0.1) is 0 Å². The number of hydrogen-bond acceptors (Lipinski definition) is 4. The number of ether oxygens (including phenoxy) is 1. The lowest BCUT2D eigenvalue weighted by Crippen LogP contribution is -1.97. The molecule has 2 aromatic heterocycles. The van der Waals surface area contributed by atoms with Crippen LogP contribution in [0.1, 0.15) is 5.56 Å². The standard InChI is InChI=1S/C11H10BrN3O/c12-9-2-11(7-15-5-9)16-10-1-8(3-13)4-14-6-10/h1-2,4-7H,3,13H2. The molecule has 2 heterocycles. The van der Waals surface area contributed by atoms with Crippen LogP contribution in [0.15, 0.2) is 41.4 Å². The van der Waals surface area contributed by atoms with Crippen LogP contribution in [-0.2, 0) is 6.54 Å². The van der Waals surface area contributed by atoms with Gasteiger partial charge in [0.15, 0.2) is 0 Å². The molecule has 5 heteroatoms. The van der Waals surface area contributed by atoms with E-state index in [2.05, 4.69) is 25.9 Å². The molecule has 16 heavy (non-hydrogen) atoms. The van der Waals surface area contributed by atoms with Gasteiger partial charge in [-0.3, -0.25) is 9.97 Å². The summed E-state index contributed by atoms with van der Waals surface area (Å²) in [4.78, 5) is 8.04. The van der Waals surface area contributed by atoms with E-state index in [1.165, 1.54) is 0 Å². The first-order valence-electron chi connectivity index (χ1n) is 4.70. The Bertz CT molecular complexity index is 490. The predicted molar refractivity (Wildman–Crippen MR) is 64.1 cm³/mol. The zero-order valence-electron chi connectivity index (χ0n) is 8.43. The Morgan fingerprint density at radius 2 is 1.75 bits per heavy atom. The first-order valence-corrected chi connectivity index (χ1v) is 5.49. The van der Waals surface area contributed by atoms with Gasteiger partial charge in [-0.1, -0.05) is 0 Å². The van der Waals surface area contributed by atoms with E-state index in [0.717, 1.165) is 10.0 Å². The zero-order chi connectivity index (χ0) is 11.4. The van der Waals surface area contributed by atoms with Crippen LogP contribution in [0.3, 0.4) is 0 Å². The molecule has 0 aliphatic heterocycles. The van der Waals surface area contributed by atoms with Crippen LogP contribution in [0, 0.1) is 0 Å². The second-order valence-electron chi connectivity index (χ2n) is 3.17. The lowest BCUT2D eigenvalue weighted by molar-refractivity contribution is 0.476. The van der Waals surface area contributed by atoms with Crippen molar-refractivity contribution in [3.05, 3.63) is 47.0 Å². The zero-order valence-corrected chi connectivity index (χ0v) is 10.0. The Morgan fingerprint density at radius 3 is 2.44 bits per heavy atom. The van der Waals surface area contributed by atoms with E-state index in [4.69, 9.17) is 10.5 Å². The average molecular weight is 280 g/mol. The molecular weight excluding hydrogens is 270 g/mol. The molecule has 2 aromatic rings. The van der Waals surface area contributed by atoms with Gasteiger partial charge in [0.1, 0.15) is 11.5 Å². The molecule has 0 saturated carbocycles. The topological polar surface area (TPSA) is 61.0 Å². The van der Waals surface area contributed by atoms with Gasteiger partial charge in [0, 0.05) is 23.4 Å². The lowest BCUT2D eigenvalue weighted by atomic mass is 10.3. The summed E-state index contributed by atoms with van der Waals surface area (Å²) < 4.78 is 6.46. The van der Waals surface area contributed by atoms with E-state index in [1.807, 2.05) is 12.1 Å². The highest BCUT2D eigenvalue weighted by molar-refractivity contribution is 9.10. The lowest BCUT2D eigenvalue weighted by Gasteiger charge is -2.05. The fraction of sp³-hybridized carbons (Fsp3) is 0.0909. The molecule has 0 aliphatic carbocycles. The summed E-state index contributed by atoms with van der Waals surface area (Å²) in [5, 5.41) is 0. The summed E-state index contributed by atoms with van der Waals surface area (Å²) in [6.45, 7) is 0.445.